The minimum absolute atomic E-state index is 0.432. The lowest BCUT2D eigenvalue weighted by atomic mass is 10.3. The van der Waals surface area contributed by atoms with Crippen molar-refractivity contribution in [1.82, 2.24) is 0 Å². The van der Waals surface area contributed by atoms with Gasteiger partial charge in [0.15, 0.2) is 8.07 Å². The van der Waals surface area contributed by atoms with E-state index in [0.29, 0.717) is 6.04 Å². The second-order valence-electron chi connectivity index (χ2n) is 6.02. The molecule has 0 radical (unpaired) electrons. The summed E-state index contributed by atoms with van der Waals surface area (Å²) >= 11 is 0. The smallest absolute Gasteiger partial charge is 0.150 e. The summed E-state index contributed by atoms with van der Waals surface area (Å²) in [7, 11) is -2.50. The molecule has 0 aliphatic carbocycles. The van der Waals surface area contributed by atoms with Crippen molar-refractivity contribution < 1.29 is 9.50 Å². The zero-order chi connectivity index (χ0) is 16.8. The van der Waals surface area contributed by atoms with Crippen molar-refractivity contribution in [2.75, 3.05) is 6.67 Å². The zero-order valence-corrected chi connectivity index (χ0v) is 14.5. The van der Waals surface area contributed by atoms with Gasteiger partial charge in [-0.05, 0) is 21.6 Å². The van der Waals surface area contributed by atoms with Crippen LogP contribution < -0.4 is 15.6 Å². The van der Waals surface area contributed by atoms with Gasteiger partial charge in [0.05, 0.1) is 6.10 Å². The van der Waals surface area contributed by atoms with Gasteiger partial charge in [-0.1, -0.05) is 91.0 Å². The zero-order valence-electron chi connectivity index (χ0n) is 13.5. The molecule has 0 aliphatic rings. The molecule has 0 amide bonds. The summed E-state index contributed by atoms with van der Waals surface area (Å²) in [5.41, 5.74) is 0. The Morgan fingerprint density at radius 1 is 0.667 bits per heavy atom. The topological polar surface area (TPSA) is 20.2 Å². The van der Waals surface area contributed by atoms with Gasteiger partial charge in [-0.3, -0.25) is 0 Å². The molecule has 0 bridgehead atoms. The lowest BCUT2D eigenvalue weighted by Gasteiger charge is -2.35. The summed E-state index contributed by atoms with van der Waals surface area (Å²) < 4.78 is 13.2. The monoisotopic (exact) mass is 336 g/mol. The predicted molar refractivity (Wildman–Crippen MR) is 101 cm³/mol. The lowest BCUT2D eigenvalue weighted by molar-refractivity contribution is 0.157. The molecule has 122 valence electrons. The Balaban J connectivity index is 2.28. The molecule has 1 N–H and O–H groups in total. The Morgan fingerprint density at radius 3 is 1.29 bits per heavy atom. The Morgan fingerprint density at radius 2 is 1.00 bits per heavy atom. The lowest BCUT2D eigenvalue weighted by Crippen LogP contribution is -2.68. The molecule has 0 saturated carbocycles. The molecule has 3 aromatic carbocycles. The Bertz CT molecular complexity index is 650. The normalized spacial score (nSPS) is 12.8. The summed E-state index contributed by atoms with van der Waals surface area (Å²) in [5, 5.41) is 13.8. The molecular weight excluding hydrogens is 315 g/mol. The molecule has 1 unspecified atom stereocenters. The van der Waals surface area contributed by atoms with E-state index < -0.39 is 20.9 Å². The molecule has 1 atom stereocenters. The van der Waals surface area contributed by atoms with Gasteiger partial charge >= 0.3 is 0 Å². The molecule has 0 fully saturated rings. The Labute approximate surface area is 143 Å². The maximum atomic E-state index is 13.2. The van der Waals surface area contributed by atoms with Crippen LogP contribution in [0.1, 0.15) is 0 Å². The van der Waals surface area contributed by atoms with E-state index in [-0.39, 0.29) is 0 Å². The first-order chi connectivity index (χ1) is 11.8. The first-order valence-electron chi connectivity index (χ1n) is 8.18. The average Bonchev–Trinajstić information content (AvgIpc) is 2.68. The SMILES string of the molecule is OC(CF)C[Si](c1ccccc1)(c1ccccc1)c1ccccc1. The van der Waals surface area contributed by atoms with Crippen LogP contribution in [0.15, 0.2) is 91.0 Å². The molecule has 3 aromatic rings. The summed E-state index contributed by atoms with van der Waals surface area (Å²) in [4.78, 5) is 0. The van der Waals surface area contributed by atoms with Crippen molar-refractivity contribution in [3.63, 3.8) is 0 Å². The first kappa shape index (κ1) is 16.6. The fourth-order valence-electron chi connectivity index (χ4n) is 3.43. The third kappa shape index (κ3) is 3.18. The van der Waals surface area contributed by atoms with Gasteiger partial charge in [0.1, 0.15) is 6.67 Å². The molecule has 0 spiro atoms. The minimum Gasteiger partial charge on any atom is -0.391 e. The van der Waals surface area contributed by atoms with E-state index in [0.717, 1.165) is 0 Å². The van der Waals surface area contributed by atoms with Gasteiger partial charge in [0.25, 0.3) is 0 Å². The van der Waals surface area contributed by atoms with E-state index in [9.17, 15) is 9.50 Å². The van der Waals surface area contributed by atoms with E-state index in [4.69, 9.17) is 0 Å². The van der Waals surface area contributed by atoms with Crippen molar-refractivity contribution in [1.29, 1.82) is 0 Å². The molecule has 3 rings (SSSR count). The molecule has 0 saturated heterocycles. The maximum Gasteiger partial charge on any atom is 0.150 e. The number of hydrogen-bond donors (Lipinski definition) is 1. The highest BCUT2D eigenvalue weighted by Crippen LogP contribution is 2.15. The van der Waals surface area contributed by atoms with Crippen LogP contribution in [-0.2, 0) is 0 Å². The van der Waals surface area contributed by atoms with Crippen LogP contribution >= 0.6 is 0 Å². The second kappa shape index (κ2) is 7.56. The van der Waals surface area contributed by atoms with Gasteiger partial charge < -0.3 is 5.11 Å². The van der Waals surface area contributed by atoms with Crippen molar-refractivity contribution in [2.45, 2.75) is 12.1 Å². The van der Waals surface area contributed by atoms with Crippen LogP contribution in [0.5, 0.6) is 0 Å². The van der Waals surface area contributed by atoms with Crippen LogP contribution in [0, 0.1) is 0 Å². The van der Waals surface area contributed by atoms with Crippen LogP contribution in [0.3, 0.4) is 0 Å². The quantitative estimate of drug-likeness (QED) is 0.542. The van der Waals surface area contributed by atoms with Crippen LogP contribution in [-0.4, -0.2) is 26.0 Å². The number of alkyl halides is 1. The molecular formula is C21H21FOSi. The van der Waals surface area contributed by atoms with Crippen LogP contribution in [0.25, 0.3) is 0 Å². The number of benzene rings is 3. The number of rotatable bonds is 6. The summed E-state index contributed by atoms with van der Waals surface area (Å²) in [5.74, 6) is 0. The fourth-order valence-corrected chi connectivity index (χ4v) is 8.24. The largest absolute Gasteiger partial charge is 0.391 e. The number of halogens is 1. The highest BCUT2D eigenvalue weighted by molar-refractivity contribution is 7.11. The third-order valence-electron chi connectivity index (χ3n) is 4.52. The van der Waals surface area contributed by atoms with Crippen molar-refractivity contribution >= 4 is 23.6 Å². The van der Waals surface area contributed by atoms with Crippen molar-refractivity contribution in [3.8, 4) is 0 Å². The molecule has 24 heavy (non-hydrogen) atoms. The average molecular weight is 336 g/mol. The van der Waals surface area contributed by atoms with E-state index in [1.807, 2.05) is 54.6 Å². The molecule has 3 heteroatoms. The second-order valence-corrected chi connectivity index (χ2v) is 9.97. The molecule has 0 aromatic heterocycles. The highest BCUT2D eigenvalue weighted by Gasteiger charge is 2.40. The first-order valence-corrected chi connectivity index (χ1v) is 10.4. The van der Waals surface area contributed by atoms with Gasteiger partial charge in [-0.25, -0.2) is 4.39 Å². The summed E-state index contributed by atoms with van der Waals surface area (Å²) in [6, 6.07) is 31.2. The van der Waals surface area contributed by atoms with Crippen molar-refractivity contribution in [3.05, 3.63) is 91.0 Å². The maximum absolute atomic E-state index is 13.2. The standard InChI is InChI=1S/C21H21FOSi/c22-16-18(23)17-24(19-10-4-1-5-11-19,20-12-6-2-7-13-20)21-14-8-3-9-15-21/h1-15,18,23H,16-17H2. The summed E-state index contributed by atoms with van der Waals surface area (Å²) in [6.45, 7) is -0.721. The minimum atomic E-state index is -2.50. The van der Waals surface area contributed by atoms with E-state index in [1.54, 1.807) is 0 Å². The van der Waals surface area contributed by atoms with E-state index in [1.165, 1.54) is 15.6 Å². The highest BCUT2D eigenvalue weighted by atomic mass is 28.3. The number of aliphatic hydroxyl groups excluding tert-OH is 1. The molecule has 1 nitrogen and oxygen atoms in total. The Hall–Kier alpha value is -2.23. The molecule has 0 aliphatic heterocycles. The van der Waals surface area contributed by atoms with E-state index >= 15 is 0 Å². The Kier molecular flexibility index (Phi) is 5.23. The fraction of sp³-hybridized carbons (Fsp3) is 0.143. The van der Waals surface area contributed by atoms with Gasteiger partial charge in [-0.15, -0.1) is 0 Å². The van der Waals surface area contributed by atoms with E-state index in [2.05, 4.69) is 36.4 Å². The van der Waals surface area contributed by atoms with Gasteiger partial charge in [0, 0.05) is 0 Å². The van der Waals surface area contributed by atoms with Crippen LogP contribution in [0.4, 0.5) is 4.39 Å². The number of aliphatic hydroxyl groups is 1. The molecule has 0 heterocycles. The summed E-state index contributed by atoms with van der Waals surface area (Å²) in [6.07, 6.45) is -0.961. The van der Waals surface area contributed by atoms with Crippen LogP contribution in [0.2, 0.25) is 6.04 Å². The van der Waals surface area contributed by atoms with Gasteiger partial charge in [-0.2, -0.15) is 0 Å². The van der Waals surface area contributed by atoms with Crippen molar-refractivity contribution in [2.24, 2.45) is 0 Å². The number of hydrogen-bond acceptors (Lipinski definition) is 1. The third-order valence-corrected chi connectivity index (χ3v) is 9.56. The van der Waals surface area contributed by atoms with Gasteiger partial charge in [0.2, 0.25) is 0 Å². The predicted octanol–water partition coefficient (Wildman–Crippen LogP) is 2.49.